The van der Waals surface area contributed by atoms with Crippen molar-refractivity contribution in [2.24, 2.45) is 0 Å². The molecule has 2 aromatic rings. The first-order valence-electron chi connectivity index (χ1n) is 8.33. The molecule has 2 aliphatic rings. The lowest BCUT2D eigenvalue weighted by Gasteiger charge is -2.49. The van der Waals surface area contributed by atoms with Gasteiger partial charge in [0.25, 0.3) is 0 Å². The van der Waals surface area contributed by atoms with Crippen molar-refractivity contribution in [3.63, 3.8) is 0 Å². The minimum Gasteiger partial charge on any atom is -0.321 e. The van der Waals surface area contributed by atoms with Crippen molar-refractivity contribution in [1.29, 1.82) is 0 Å². The van der Waals surface area contributed by atoms with E-state index in [0.717, 1.165) is 29.8 Å². The molecule has 2 N–H and O–H groups in total. The third kappa shape index (κ3) is 2.76. The fourth-order valence-electron chi connectivity index (χ4n) is 3.61. The van der Waals surface area contributed by atoms with Crippen molar-refractivity contribution in [2.75, 3.05) is 25.0 Å². The van der Waals surface area contributed by atoms with Crippen LogP contribution in [0.3, 0.4) is 0 Å². The van der Waals surface area contributed by atoms with Gasteiger partial charge in [-0.05, 0) is 44.5 Å². The largest absolute Gasteiger partial charge is 0.321 e. The van der Waals surface area contributed by atoms with Crippen LogP contribution in [0.15, 0.2) is 18.2 Å². The van der Waals surface area contributed by atoms with Gasteiger partial charge in [-0.25, -0.2) is 4.79 Å². The van der Waals surface area contributed by atoms with Gasteiger partial charge in [-0.3, -0.25) is 4.90 Å². The molecule has 0 saturated carbocycles. The number of aromatic nitrogens is 3. The molecule has 0 spiro atoms. The second kappa shape index (κ2) is 5.81. The number of carbonyl (C=O) groups is 1. The van der Waals surface area contributed by atoms with Gasteiger partial charge in [-0.15, -0.1) is 0 Å². The maximum Gasteiger partial charge on any atom is 0.321 e. The maximum atomic E-state index is 12.3. The Balaban J connectivity index is 1.34. The van der Waals surface area contributed by atoms with Gasteiger partial charge < -0.3 is 10.2 Å². The molecule has 2 amide bonds. The zero-order chi connectivity index (χ0) is 15.8. The SMILES string of the molecule is CC1CCCCN1C1CN(C(=O)Nc2ccc3n[nH]nc3c2)C1. The molecule has 0 aliphatic carbocycles. The molecule has 1 aromatic heterocycles. The highest BCUT2D eigenvalue weighted by Gasteiger charge is 2.37. The topological polar surface area (TPSA) is 77.1 Å². The Kier molecular flexibility index (Phi) is 3.65. The molecule has 2 saturated heterocycles. The third-order valence-corrected chi connectivity index (χ3v) is 5.04. The number of H-pyrrole nitrogens is 1. The van der Waals surface area contributed by atoms with E-state index in [1.54, 1.807) is 0 Å². The Hall–Kier alpha value is -2.15. The van der Waals surface area contributed by atoms with Crippen molar-refractivity contribution >= 4 is 22.8 Å². The number of piperidine rings is 1. The summed E-state index contributed by atoms with van der Waals surface area (Å²) in [4.78, 5) is 16.8. The van der Waals surface area contributed by atoms with Gasteiger partial charge >= 0.3 is 6.03 Å². The lowest BCUT2D eigenvalue weighted by molar-refractivity contribution is 0.0199. The first-order valence-corrected chi connectivity index (χ1v) is 8.33. The average molecular weight is 314 g/mol. The Labute approximate surface area is 135 Å². The van der Waals surface area contributed by atoms with E-state index in [1.807, 2.05) is 23.1 Å². The first kappa shape index (κ1) is 14.4. The number of fused-ring (bicyclic) bond motifs is 1. The molecule has 0 bridgehead atoms. The Morgan fingerprint density at radius 2 is 2.09 bits per heavy atom. The summed E-state index contributed by atoms with van der Waals surface area (Å²) < 4.78 is 0. The molecule has 3 heterocycles. The molecule has 4 rings (SSSR count). The van der Waals surface area contributed by atoms with E-state index in [4.69, 9.17) is 0 Å². The normalized spacial score (nSPS) is 23.0. The Bertz CT molecular complexity index is 707. The summed E-state index contributed by atoms with van der Waals surface area (Å²) in [5.74, 6) is 0. The number of anilines is 1. The van der Waals surface area contributed by atoms with Crippen LogP contribution in [0.25, 0.3) is 11.0 Å². The molecular formula is C16H22N6O. The van der Waals surface area contributed by atoms with Crippen molar-refractivity contribution in [3.05, 3.63) is 18.2 Å². The van der Waals surface area contributed by atoms with Crippen LogP contribution in [0.1, 0.15) is 26.2 Å². The highest BCUT2D eigenvalue weighted by molar-refractivity contribution is 5.92. The molecule has 2 fully saturated rings. The lowest BCUT2D eigenvalue weighted by Crippen LogP contribution is -2.64. The number of nitrogens with zero attached hydrogens (tertiary/aromatic N) is 4. The molecule has 122 valence electrons. The molecule has 2 aliphatic heterocycles. The van der Waals surface area contributed by atoms with Gasteiger partial charge in [0.1, 0.15) is 11.0 Å². The van der Waals surface area contributed by atoms with E-state index in [-0.39, 0.29) is 6.03 Å². The molecule has 7 heteroatoms. The smallest absolute Gasteiger partial charge is 0.321 e. The standard InChI is InChI=1S/C16H22N6O/c1-11-4-2-3-7-22(11)13-9-21(10-13)16(23)17-12-5-6-14-15(8-12)19-20-18-14/h5-6,8,11,13H,2-4,7,9-10H2,1H3,(H,17,23)(H,18,19,20). The average Bonchev–Trinajstić information content (AvgIpc) is 2.95. The van der Waals surface area contributed by atoms with E-state index in [2.05, 4.69) is 32.6 Å². The van der Waals surface area contributed by atoms with Crippen LogP contribution in [0, 0.1) is 0 Å². The fourth-order valence-corrected chi connectivity index (χ4v) is 3.61. The van der Waals surface area contributed by atoms with E-state index < -0.39 is 0 Å². The predicted molar refractivity (Wildman–Crippen MR) is 88.3 cm³/mol. The van der Waals surface area contributed by atoms with Gasteiger partial charge in [0.2, 0.25) is 0 Å². The number of benzene rings is 1. The summed E-state index contributed by atoms with van der Waals surface area (Å²) >= 11 is 0. The second-order valence-corrected chi connectivity index (χ2v) is 6.60. The van der Waals surface area contributed by atoms with E-state index in [0.29, 0.717) is 12.1 Å². The van der Waals surface area contributed by atoms with Gasteiger partial charge in [0.15, 0.2) is 0 Å². The van der Waals surface area contributed by atoms with E-state index in [9.17, 15) is 4.79 Å². The van der Waals surface area contributed by atoms with Crippen molar-refractivity contribution in [1.82, 2.24) is 25.2 Å². The zero-order valence-corrected chi connectivity index (χ0v) is 13.3. The minimum atomic E-state index is -0.0336. The summed E-state index contributed by atoms with van der Waals surface area (Å²) in [6.07, 6.45) is 3.89. The van der Waals surface area contributed by atoms with Crippen LogP contribution in [-0.4, -0.2) is 63.0 Å². The van der Waals surface area contributed by atoms with E-state index in [1.165, 1.54) is 25.8 Å². The van der Waals surface area contributed by atoms with Crippen LogP contribution < -0.4 is 5.32 Å². The first-order chi connectivity index (χ1) is 11.2. The zero-order valence-electron chi connectivity index (χ0n) is 13.3. The summed E-state index contributed by atoms with van der Waals surface area (Å²) in [7, 11) is 0. The van der Waals surface area contributed by atoms with Gasteiger partial charge in [0.05, 0.1) is 0 Å². The van der Waals surface area contributed by atoms with Crippen LogP contribution in [0.2, 0.25) is 0 Å². The van der Waals surface area contributed by atoms with Crippen LogP contribution >= 0.6 is 0 Å². The summed E-state index contributed by atoms with van der Waals surface area (Å²) in [6, 6.07) is 6.67. The monoisotopic (exact) mass is 314 g/mol. The van der Waals surface area contributed by atoms with Gasteiger partial charge in [-0.2, -0.15) is 15.4 Å². The Morgan fingerprint density at radius 3 is 2.91 bits per heavy atom. The third-order valence-electron chi connectivity index (χ3n) is 5.04. The molecule has 23 heavy (non-hydrogen) atoms. The second-order valence-electron chi connectivity index (χ2n) is 6.60. The van der Waals surface area contributed by atoms with Crippen molar-refractivity contribution < 1.29 is 4.79 Å². The van der Waals surface area contributed by atoms with Crippen molar-refractivity contribution in [2.45, 2.75) is 38.3 Å². The highest BCUT2D eigenvalue weighted by atomic mass is 16.2. The molecule has 1 unspecified atom stereocenters. The number of hydrogen-bond acceptors (Lipinski definition) is 4. The van der Waals surface area contributed by atoms with Gasteiger partial charge in [0, 0.05) is 30.9 Å². The molecular weight excluding hydrogens is 292 g/mol. The number of urea groups is 1. The molecule has 0 radical (unpaired) electrons. The van der Waals surface area contributed by atoms with Crippen LogP contribution in [0.4, 0.5) is 10.5 Å². The quantitative estimate of drug-likeness (QED) is 0.889. The fraction of sp³-hybridized carbons (Fsp3) is 0.562. The summed E-state index contributed by atoms with van der Waals surface area (Å²) in [5.41, 5.74) is 2.31. The molecule has 7 nitrogen and oxygen atoms in total. The van der Waals surface area contributed by atoms with Gasteiger partial charge in [-0.1, -0.05) is 6.42 Å². The van der Waals surface area contributed by atoms with Crippen LogP contribution in [-0.2, 0) is 0 Å². The predicted octanol–water partition coefficient (Wildman–Crippen LogP) is 2.05. The Morgan fingerprint density at radius 1 is 1.26 bits per heavy atom. The summed E-state index contributed by atoms with van der Waals surface area (Å²) in [6.45, 7) is 5.11. The number of amides is 2. The number of likely N-dealkylation sites (tertiary alicyclic amines) is 2. The highest BCUT2D eigenvalue weighted by Crippen LogP contribution is 2.25. The van der Waals surface area contributed by atoms with E-state index >= 15 is 0 Å². The van der Waals surface area contributed by atoms with Crippen molar-refractivity contribution in [3.8, 4) is 0 Å². The maximum absolute atomic E-state index is 12.3. The minimum absolute atomic E-state index is 0.0336. The van der Waals surface area contributed by atoms with Crippen LogP contribution in [0.5, 0.6) is 0 Å². The molecule has 1 aromatic carbocycles. The number of aromatic amines is 1. The lowest BCUT2D eigenvalue weighted by atomic mass is 9.98. The summed E-state index contributed by atoms with van der Waals surface area (Å²) in [5, 5.41) is 13.6. The number of hydrogen-bond donors (Lipinski definition) is 2. The number of nitrogens with one attached hydrogen (secondary N) is 2. The number of carbonyl (C=O) groups excluding carboxylic acids is 1. The number of rotatable bonds is 2. The molecule has 1 atom stereocenters.